The van der Waals surface area contributed by atoms with Crippen LogP contribution in [0.3, 0.4) is 0 Å². The summed E-state index contributed by atoms with van der Waals surface area (Å²) >= 11 is 0. The standard InChI is InChI=1S/C32H37NO5/c1-7-19-14-24(29-23-10-8-9-11-26(23)33-30(29)18(19)2)22-13-12-21(35-3)17-25(22)31(34)20-15-27(36-4)32(38-6)28(16-20)37-5/h8-11,14-16,21-22,25,33H,7,12-13,17H2,1-6H3. The fourth-order valence-electron chi connectivity index (χ4n) is 6.36. The molecular weight excluding hydrogens is 478 g/mol. The van der Waals surface area contributed by atoms with E-state index in [4.69, 9.17) is 18.9 Å². The predicted octanol–water partition coefficient (Wildman–Crippen LogP) is 7.00. The lowest BCUT2D eigenvalue weighted by atomic mass is 9.70. The smallest absolute Gasteiger partial charge is 0.203 e. The van der Waals surface area contributed by atoms with Gasteiger partial charge < -0.3 is 23.9 Å². The fourth-order valence-corrected chi connectivity index (χ4v) is 6.36. The Morgan fingerprint density at radius 2 is 1.68 bits per heavy atom. The summed E-state index contributed by atoms with van der Waals surface area (Å²) in [6, 6.07) is 14.3. The third-order valence-electron chi connectivity index (χ3n) is 8.38. The summed E-state index contributed by atoms with van der Waals surface area (Å²) in [6.07, 6.45) is 3.43. The topological polar surface area (TPSA) is 69.8 Å². The molecule has 4 aromatic rings. The first kappa shape index (κ1) is 26.1. The zero-order valence-electron chi connectivity index (χ0n) is 23.1. The molecule has 1 heterocycles. The SMILES string of the molecule is CCc1cc(C2CCC(OC)CC2C(=O)c2cc(OC)c(OC)c(OC)c2)c2c([nH]c3ccccc32)c1C. The van der Waals surface area contributed by atoms with Gasteiger partial charge in [0.05, 0.1) is 27.4 Å². The molecule has 3 atom stereocenters. The van der Waals surface area contributed by atoms with Gasteiger partial charge in [0.1, 0.15) is 0 Å². The van der Waals surface area contributed by atoms with Gasteiger partial charge in [-0.05, 0) is 73.4 Å². The number of carbonyl (C=O) groups excluding carboxylic acids is 1. The Bertz CT molecular complexity index is 1460. The molecule has 0 aliphatic heterocycles. The third-order valence-corrected chi connectivity index (χ3v) is 8.38. The maximum Gasteiger partial charge on any atom is 0.203 e. The van der Waals surface area contributed by atoms with Crippen LogP contribution in [-0.2, 0) is 11.2 Å². The van der Waals surface area contributed by atoms with Gasteiger partial charge in [-0.25, -0.2) is 0 Å². The average Bonchev–Trinajstić information content (AvgIpc) is 3.36. The van der Waals surface area contributed by atoms with Crippen LogP contribution in [0.4, 0.5) is 0 Å². The highest BCUT2D eigenvalue weighted by Crippen LogP contribution is 2.47. The second kappa shape index (κ2) is 10.7. The van der Waals surface area contributed by atoms with E-state index in [9.17, 15) is 4.79 Å². The fraction of sp³-hybridized carbons (Fsp3) is 0.406. The minimum atomic E-state index is -0.249. The Kier molecular flexibility index (Phi) is 7.35. The van der Waals surface area contributed by atoms with Crippen LogP contribution >= 0.6 is 0 Å². The Labute approximate surface area is 224 Å². The van der Waals surface area contributed by atoms with Crippen LogP contribution in [0.5, 0.6) is 17.2 Å². The number of ether oxygens (including phenoxy) is 4. The second-order valence-electron chi connectivity index (χ2n) is 10.2. The van der Waals surface area contributed by atoms with Gasteiger partial charge in [-0.1, -0.05) is 31.2 Å². The van der Waals surface area contributed by atoms with Crippen molar-refractivity contribution in [2.45, 2.75) is 51.6 Å². The molecule has 1 N–H and O–H groups in total. The lowest BCUT2D eigenvalue weighted by Crippen LogP contribution is -2.33. The van der Waals surface area contributed by atoms with Crippen LogP contribution in [0.1, 0.15) is 59.2 Å². The molecule has 0 spiro atoms. The summed E-state index contributed by atoms with van der Waals surface area (Å²) in [4.78, 5) is 18.0. The zero-order valence-corrected chi connectivity index (χ0v) is 23.1. The largest absolute Gasteiger partial charge is 0.493 e. The monoisotopic (exact) mass is 515 g/mol. The number of ketones is 1. The van der Waals surface area contributed by atoms with E-state index in [0.717, 1.165) is 24.8 Å². The molecule has 0 saturated heterocycles. The molecule has 1 aliphatic carbocycles. The molecule has 200 valence electrons. The molecule has 3 aromatic carbocycles. The number of Topliss-reactive ketones (excluding diaryl/α,β-unsaturated/α-hetero) is 1. The van der Waals surface area contributed by atoms with Crippen LogP contribution < -0.4 is 14.2 Å². The normalized spacial score (nSPS) is 19.6. The van der Waals surface area contributed by atoms with Crippen molar-refractivity contribution in [3.8, 4) is 17.2 Å². The van der Waals surface area contributed by atoms with Crippen molar-refractivity contribution < 1.29 is 23.7 Å². The van der Waals surface area contributed by atoms with Crippen LogP contribution in [0, 0.1) is 12.8 Å². The van der Waals surface area contributed by atoms with Crippen molar-refractivity contribution in [1.29, 1.82) is 0 Å². The molecule has 1 aliphatic rings. The van der Waals surface area contributed by atoms with Gasteiger partial charge in [-0.2, -0.15) is 0 Å². The molecule has 1 fully saturated rings. The van der Waals surface area contributed by atoms with E-state index < -0.39 is 0 Å². The number of fused-ring (bicyclic) bond motifs is 3. The number of benzene rings is 3. The summed E-state index contributed by atoms with van der Waals surface area (Å²) in [5, 5.41) is 2.44. The molecular formula is C32H37NO5. The quantitative estimate of drug-likeness (QED) is 0.256. The number of aromatic nitrogens is 1. The maximum atomic E-state index is 14.3. The Morgan fingerprint density at radius 3 is 2.32 bits per heavy atom. The van der Waals surface area contributed by atoms with E-state index in [1.54, 1.807) is 40.6 Å². The summed E-state index contributed by atoms with van der Waals surface area (Å²) in [6.45, 7) is 4.39. The number of carbonyl (C=O) groups is 1. The van der Waals surface area contributed by atoms with Crippen molar-refractivity contribution in [3.63, 3.8) is 0 Å². The van der Waals surface area contributed by atoms with E-state index >= 15 is 0 Å². The van der Waals surface area contributed by atoms with E-state index in [1.165, 1.54) is 33.0 Å². The van der Waals surface area contributed by atoms with Gasteiger partial charge in [0.15, 0.2) is 17.3 Å². The maximum absolute atomic E-state index is 14.3. The number of H-pyrrole nitrogens is 1. The molecule has 6 heteroatoms. The molecule has 0 bridgehead atoms. The van der Waals surface area contributed by atoms with Crippen molar-refractivity contribution in [3.05, 3.63) is 64.7 Å². The van der Waals surface area contributed by atoms with E-state index in [1.807, 2.05) is 0 Å². The summed E-state index contributed by atoms with van der Waals surface area (Å²) in [5.74, 6) is 1.32. The highest BCUT2D eigenvalue weighted by molar-refractivity contribution is 6.11. The molecule has 5 rings (SSSR count). The van der Waals surface area contributed by atoms with E-state index in [2.05, 4.69) is 49.2 Å². The first-order chi connectivity index (χ1) is 18.4. The van der Waals surface area contributed by atoms with Gasteiger partial charge in [0, 0.05) is 40.4 Å². The number of methoxy groups -OCH3 is 4. The Hall–Kier alpha value is -3.51. The van der Waals surface area contributed by atoms with Gasteiger partial charge in [0.2, 0.25) is 5.75 Å². The first-order valence-corrected chi connectivity index (χ1v) is 13.3. The molecule has 38 heavy (non-hydrogen) atoms. The first-order valence-electron chi connectivity index (χ1n) is 13.3. The second-order valence-corrected chi connectivity index (χ2v) is 10.2. The van der Waals surface area contributed by atoms with Crippen molar-refractivity contribution in [2.24, 2.45) is 5.92 Å². The Morgan fingerprint density at radius 1 is 0.974 bits per heavy atom. The van der Waals surface area contributed by atoms with Crippen LogP contribution in [0.25, 0.3) is 21.8 Å². The van der Waals surface area contributed by atoms with Gasteiger partial charge >= 0.3 is 0 Å². The number of para-hydroxylation sites is 1. The lowest BCUT2D eigenvalue weighted by molar-refractivity contribution is 0.0391. The van der Waals surface area contributed by atoms with Crippen molar-refractivity contribution >= 4 is 27.6 Å². The molecule has 3 unspecified atom stereocenters. The molecule has 1 aromatic heterocycles. The third kappa shape index (κ3) is 4.31. The number of hydrogen-bond donors (Lipinski definition) is 1. The number of aryl methyl sites for hydroxylation is 2. The van der Waals surface area contributed by atoms with Crippen molar-refractivity contribution in [2.75, 3.05) is 28.4 Å². The average molecular weight is 516 g/mol. The van der Waals surface area contributed by atoms with Gasteiger partial charge in [-0.3, -0.25) is 4.79 Å². The molecule has 6 nitrogen and oxygen atoms in total. The van der Waals surface area contributed by atoms with Crippen molar-refractivity contribution in [1.82, 2.24) is 4.98 Å². The lowest BCUT2D eigenvalue weighted by Gasteiger charge is -2.36. The van der Waals surface area contributed by atoms with Crippen LogP contribution in [-0.4, -0.2) is 45.3 Å². The van der Waals surface area contributed by atoms with Crippen LogP contribution in [0.2, 0.25) is 0 Å². The minimum Gasteiger partial charge on any atom is -0.493 e. The van der Waals surface area contributed by atoms with Crippen LogP contribution in [0.15, 0.2) is 42.5 Å². The number of rotatable bonds is 8. The minimum absolute atomic E-state index is 0.0387. The van der Waals surface area contributed by atoms with E-state index in [0.29, 0.717) is 29.2 Å². The highest BCUT2D eigenvalue weighted by Gasteiger charge is 2.38. The number of hydrogen-bond acceptors (Lipinski definition) is 5. The number of nitrogens with one attached hydrogen (secondary N) is 1. The van der Waals surface area contributed by atoms with Gasteiger partial charge in [-0.15, -0.1) is 0 Å². The summed E-state index contributed by atoms with van der Waals surface area (Å²) < 4.78 is 22.4. The summed E-state index contributed by atoms with van der Waals surface area (Å²) in [7, 11) is 6.45. The predicted molar refractivity (Wildman–Crippen MR) is 151 cm³/mol. The zero-order chi connectivity index (χ0) is 27.0. The van der Waals surface area contributed by atoms with Gasteiger partial charge in [0.25, 0.3) is 0 Å². The molecule has 1 saturated carbocycles. The number of aromatic amines is 1. The highest BCUT2D eigenvalue weighted by atomic mass is 16.5. The summed E-state index contributed by atoms with van der Waals surface area (Å²) in [5.41, 5.74) is 6.70. The van der Waals surface area contributed by atoms with E-state index in [-0.39, 0.29) is 23.7 Å². The molecule has 0 amide bonds. The molecule has 0 radical (unpaired) electrons. The Balaban J connectivity index is 1.69.